The molecule has 3 N–H and O–H groups in total. The molecule has 160 valence electrons. The Kier molecular flexibility index (Phi) is 6.89. The molecule has 0 unspecified atom stereocenters. The fourth-order valence-corrected chi connectivity index (χ4v) is 3.47. The number of carbonyl (C=O) groups is 3. The van der Waals surface area contributed by atoms with E-state index >= 15 is 0 Å². The Balaban J connectivity index is 2.25. The number of nitrogens with zero attached hydrogens (tertiary/aromatic N) is 1. The number of aliphatic hydroxyl groups is 1. The fourth-order valence-electron chi connectivity index (χ4n) is 3.47. The number of benzene rings is 1. The highest BCUT2D eigenvalue weighted by molar-refractivity contribution is 5.92. The first kappa shape index (κ1) is 22.7. The van der Waals surface area contributed by atoms with Gasteiger partial charge in [0.1, 0.15) is 5.60 Å². The van der Waals surface area contributed by atoms with Crippen molar-refractivity contribution in [3.05, 3.63) is 35.9 Å². The monoisotopic (exact) mass is 406 g/mol. The van der Waals surface area contributed by atoms with Crippen molar-refractivity contribution in [3.8, 4) is 0 Å². The standard InChI is InChI=1S/C21H30N2O6/c1-14(24)16(17(25)26)22-18(27)21(15-8-6-5-7-9-15)10-12-23(13-11-21)19(28)29-20(2,3)4/h5-9,14,16,24H,10-13H2,1-4H3,(H,22,27)(H,25,26)/t14-,16+/m1/s1. The number of nitrogens with one attached hydrogen (secondary N) is 1. The van der Waals surface area contributed by atoms with Crippen LogP contribution in [-0.2, 0) is 19.7 Å². The summed E-state index contributed by atoms with van der Waals surface area (Å²) in [5.41, 5.74) is -0.868. The first-order valence-corrected chi connectivity index (χ1v) is 9.71. The zero-order valence-electron chi connectivity index (χ0n) is 17.3. The normalized spacial score (nSPS) is 18.4. The molecule has 0 aliphatic carbocycles. The van der Waals surface area contributed by atoms with E-state index in [0.717, 1.165) is 5.56 Å². The summed E-state index contributed by atoms with van der Waals surface area (Å²) < 4.78 is 5.41. The Morgan fingerprint density at radius 2 is 1.69 bits per heavy atom. The summed E-state index contributed by atoms with van der Waals surface area (Å²) in [4.78, 5) is 38.6. The van der Waals surface area contributed by atoms with Gasteiger partial charge in [-0.15, -0.1) is 0 Å². The molecule has 0 radical (unpaired) electrons. The number of carboxylic acid groups (broad SMARTS) is 1. The van der Waals surface area contributed by atoms with Crippen LogP contribution in [0.5, 0.6) is 0 Å². The van der Waals surface area contributed by atoms with Crippen molar-refractivity contribution < 1.29 is 29.3 Å². The molecule has 0 saturated carbocycles. The molecule has 0 aromatic heterocycles. The molecule has 2 rings (SSSR count). The highest BCUT2D eigenvalue weighted by atomic mass is 16.6. The lowest BCUT2D eigenvalue weighted by Gasteiger charge is -2.41. The smallest absolute Gasteiger partial charge is 0.410 e. The molecule has 1 aromatic rings. The van der Waals surface area contributed by atoms with Gasteiger partial charge in [0.2, 0.25) is 5.91 Å². The van der Waals surface area contributed by atoms with E-state index in [1.807, 2.05) is 30.3 Å². The van der Waals surface area contributed by atoms with Gasteiger partial charge in [-0.1, -0.05) is 30.3 Å². The van der Waals surface area contributed by atoms with E-state index in [1.54, 1.807) is 25.7 Å². The summed E-state index contributed by atoms with van der Waals surface area (Å²) in [6.45, 7) is 7.28. The van der Waals surface area contributed by atoms with E-state index in [0.29, 0.717) is 25.9 Å². The quantitative estimate of drug-likeness (QED) is 0.688. The van der Waals surface area contributed by atoms with Gasteiger partial charge in [-0.2, -0.15) is 0 Å². The third-order valence-electron chi connectivity index (χ3n) is 5.06. The van der Waals surface area contributed by atoms with Gasteiger partial charge >= 0.3 is 12.1 Å². The van der Waals surface area contributed by atoms with Crippen LogP contribution in [0, 0.1) is 0 Å². The number of rotatable bonds is 5. The maximum atomic E-state index is 13.2. The minimum Gasteiger partial charge on any atom is -0.480 e. The zero-order valence-corrected chi connectivity index (χ0v) is 17.3. The van der Waals surface area contributed by atoms with E-state index in [4.69, 9.17) is 4.74 Å². The van der Waals surface area contributed by atoms with Crippen LogP contribution in [-0.4, -0.2) is 63.9 Å². The molecule has 2 atom stereocenters. The molecule has 2 amide bonds. The average molecular weight is 406 g/mol. The van der Waals surface area contributed by atoms with Crippen LogP contribution < -0.4 is 5.32 Å². The summed E-state index contributed by atoms with van der Waals surface area (Å²) in [6.07, 6.45) is -1.05. The van der Waals surface area contributed by atoms with Gasteiger partial charge in [0, 0.05) is 13.1 Å². The maximum absolute atomic E-state index is 13.2. The maximum Gasteiger partial charge on any atom is 0.410 e. The summed E-state index contributed by atoms with van der Waals surface area (Å²) >= 11 is 0. The van der Waals surface area contributed by atoms with Crippen LogP contribution in [0.2, 0.25) is 0 Å². The van der Waals surface area contributed by atoms with Crippen molar-refractivity contribution in [2.45, 2.75) is 63.7 Å². The summed E-state index contributed by atoms with van der Waals surface area (Å²) in [6, 6.07) is 7.69. The third-order valence-corrected chi connectivity index (χ3v) is 5.06. The highest BCUT2D eigenvalue weighted by Gasteiger charge is 2.45. The van der Waals surface area contributed by atoms with Crippen molar-refractivity contribution in [2.24, 2.45) is 0 Å². The summed E-state index contributed by atoms with van der Waals surface area (Å²) in [7, 11) is 0. The van der Waals surface area contributed by atoms with E-state index in [1.165, 1.54) is 6.92 Å². The second-order valence-corrected chi connectivity index (χ2v) is 8.45. The molecule has 29 heavy (non-hydrogen) atoms. The predicted octanol–water partition coefficient (Wildman–Crippen LogP) is 1.91. The Morgan fingerprint density at radius 3 is 2.14 bits per heavy atom. The molecular formula is C21H30N2O6. The molecule has 1 saturated heterocycles. The van der Waals surface area contributed by atoms with Gasteiger partial charge in [-0.25, -0.2) is 9.59 Å². The fraction of sp³-hybridized carbons (Fsp3) is 0.571. The van der Waals surface area contributed by atoms with Crippen LogP contribution >= 0.6 is 0 Å². The number of likely N-dealkylation sites (tertiary alicyclic amines) is 1. The zero-order chi connectivity index (χ0) is 21.8. The van der Waals surface area contributed by atoms with Crippen molar-refractivity contribution in [3.63, 3.8) is 0 Å². The van der Waals surface area contributed by atoms with Gasteiger partial charge in [0.05, 0.1) is 11.5 Å². The van der Waals surface area contributed by atoms with Crippen LogP contribution in [0.15, 0.2) is 30.3 Å². The third kappa shape index (κ3) is 5.47. The molecule has 0 bridgehead atoms. The number of hydrogen-bond donors (Lipinski definition) is 3. The molecule has 1 aliphatic heterocycles. The van der Waals surface area contributed by atoms with Crippen LogP contribution in [0.4, 0.5) is 4.79 Å². The Morgan fingerprint density at radius 1 is 1.14 bits per heavy atom. The number of carboxylic acids is 1. The van der Waals surface area contributed by atoms with Gasteiger partial charge in [0.25, 0.3) is 0 Å². The molecule has 1 aliphatic rings. The van der Waals surface area contributed by atoms with Crippen molar-refractivity contribution in [1.82, 2.24) is 10.2 Å². The molecular weight excluding hydrogens is 376 g/mol. The van der Waals surface area contributed by atoms with Gasteiger partial charge in [-0.05, 0) is 46.1 Å². The van der Waals surface area contributed by atoms with Gasteiger partial charge < -0.3 is 25.2 Å². The minimum absolute atomic E-state index is 0.295. The number of carbonyl (C=O) groups excluding carboxylic acids is 2. The number of hydrogen-bond acceptors (Lipinski definition) is 5. The topological polar surface area (TPSA) is 116 Å². The summed E-state index contributed by atoms with van der Waals surface area (Å²) in [5, 5.41) is 21.6. The van der Waals surface area contributed by atoms with Crippen molar-refractivity contribution >= 4 is 18.0 Å². The number of ether oxygens (including phenoxy) is 1. The van der Waals surface area contributed by atoms with E-state index in [9.17, 15) is 24.6 Å². The lowest BCUT2D eigenvalue weighted by Crippen LogP contribution is -2.58. The first-order chi connectivity index (χ1) is 13.5. The lowest BCUT2D eigenvalue weighted by molar-refractivity contribution is -0.146. The molecule has 8 nitrogen and oxygen atoms in total. The molecule has 1 aromatic carbocycles. The van der Waals surface area contributed by atoms with E-state index in [-0.39, 0.29) is 0 Å². The molecule has 8 heteroatoms. The SMILES string of the molecule is C[C@@H](O)[C@H](NC(=O)C1(c2ccccc2)CCN(C(=O)OC(C)(C)C)CC1)C(=O)O. The first-order valence-electron chi connectivity index (χ1n) is 9.71. The van der Waals surface area contributed by atoms with Crippen LogP contribution in [0.25, 0.3) is 0 Å². The second kappa shape index (κ2) is 8.82. The van der Waals surface area contributed by atoms with Gasteiger partial charge in [-0.3, -0.25) is 4.79 Å². The van der Waals surface area contributed by atoms with Crippen LogP contribution in [0.3, 0.4) is 0 Å². The predicted molar refractivity (Wildman–Crippen MR) is 106 cm³/mol. The number of amides is 2. The van der Waals surface area contributed by atoms with E-state index < -0.39 is 41.1 Å². The van der Waals surface area contributed by atoms with Crippen molar-refractivity contribution in [2.75, 3.05) is 13.1 Å². The lowest BCUT2D eigenvalue weighted by atomic mass is 9.71. The highest BCUT2D eigenvalue weighted by Crippen LogP contribution is 2.36. The average Bonchev–Trinajstić information content (AvgIpc) is 2.64. The largest absolute Gasteiger partial charge is 0.480 e. The molecule has 1 fully saturated rings. The van der Waals surface area contributed by atoms with Gasteiger partial charge in [0.15, 0.2) is 6.04 Å². The summed E-state index contributed by atoms with van der Waals surface area (Å²) in [5.74, 6) is -1.77. The number of aliphatic carboxylic acids is 1. The molecule has 0 spiro atoms. The number of piperidine rings is 1. The van der Waals surface area contributed by atoms with Crippen LogP contribution in [0.1, 0.15) is 46.1 Å². The Labute approximate surface area is 170 Å². The Hall–Kier alpha value is -2.61. The molecule has 1 heterocycles. The minimum atomic E-state index is -1.41. The number of aliphatic hydroxyl groups excluding tert-OH is 1. The van der Waals surface area contributed by atoms with E-state index in [2.05, 4.69) is 5.32 Å². The second-order valence-electron chi connectivity index (χ2n) is 8.45. The van der Waals surface area contributed by atoms with Crippen molar-refractivity contribution in [1.29, 1.82) is 0 Å². The Bertz CT molecular complexity index is 733.